The fraction of sp³-hybridized carbons (Fsp3) is 0.625. The van der Waals surface area contributed by atoms with E-state index in [9.17, 15) is 17.6 Å². The molecule has 2 rings (SSSR count). The van der Waals surface area contributed by atoms with Gasteiger partial charge in [0.25, 0.3) is 0 Å². The molecule has 1 aliphatic carbocycles. The highest BCUT2D eigenvalue weighted by molar-refractivity contribution is 5.29. The van der Waals surface area contributed by atoms with Gasteiger partial charge in [0.15, 0.2) is 0 Å². The SMILES string of the molecule is CCNC1CCCCC(c2ccc(C(F)(F)F)c(F)c2)C1. The Balaban J connectivity index is 2.18. The molecule has 0 aromatic heterocycles. The minimum atomic E-state index is -4.63. The monoisotopic (exact) mass is 303 g/mol. The molecule has 2 atom stereocenters. The number of alkyl halides is 3. The molecule has 5 heteroatoms. The van der Waals surface area contributed by atoms with Crippen molar-refractivity contribution in [1.82, 2.24) is 5.32 Å². The molecule has 0 spiro atoms. The molecule has 1 saturated carbocycles. The highest BCUT2D eigenvalue weighted by Gasteiger charge is 2.34. The van der Waals surface area contributed by atoms with E-state index >= 15 is 0 Å². The second kappa shape index (κ2) is 6.77. The van der Waals surface area contributed by atoms with Crippen molar-refractivity contribution in [2.45, 2.75) is 57.2 Å². The molecule has 2 unspecified atom stereocenters. The van der Waals surface area contributed by atoms with Crippen LogP contribution in [0.1, 0.15) is 56.1 Å². The smallest absolute Gasteiger partial charge is 0.314 e. The van der Waals surface area contributed by atoms with Gasteiger partial charge >= 0.3 is 6.18 Å². The van der Waals surface area contributed by atoms with Gasteiger partial charge in [-0.15, -0.1) is 0 Å². The molecule has 0 aliphatic heterocycles. The van der Waals surface area contributed by atoms with Gasteiger partial charge in [-0.3, -0.25) is 0 Å². The van der Waals surface area contributed by atoms with Crippen LogP contribution in [0.25, 0.3) is 0 Å². The van der Waals surface area contributed by atoms with Gasteiger partial charge in [-0.05, 0) is 49.4 Å². The molecule has 1 nitrogen and oxygen atoms in total. The molecule has 0 amide bonds. The average molecular weight is 303 g/mol. The summed E-state index contributed by atoms with van der Waals surface area (Å²) in [4.78, 5) is 0. The highest BCUT2D eigenvalue weighted by atomic mass is 19.4. The fourth-order valence-corrected chi connectivity index (χ4v) is 3.15. The van der Waals surface area contributed by atoms with Crippen molar-refractivity contribution >= 4 is 0 Å². The lowest BCUT2D eigenvalue weighted by atomic mass is 9.89. The number of hydrogen-bond donors (Lipinski definition) is 1. The van der Waals surface area contributed by atoms with E-state index in [1.807, 2.05) is 6.92 Å². The Morgan fingerprint density at radius 3 is 2.52 bits per heavy atom. The summed E-state index contributed by atoms with van der Waals surface area (Å²) < 4.78 is 51.5. The van der Waals surface area contributed by atoms with Gasteiger partial charge in [-0.2, -0.15) is 13.2 Å². The summed E-state index contributed by atoms with van der Waals surface area (Å²) in [6, 6.07) is 3.75. The van der Waals surface area contributed by atoms with E-state index in [-0.39, 0.29) is 5.92 Å². The Hall–Kier alpha value is -1.10. The third kappa shape index (κ3) is 4.19. The number of nitrogens with one attached hydrogen (secondary N) is 1. The van der Waals surface area contributed by atoms with E-state index in [1.165, 1.54) is 6.07 Å². The van der Waals surface area contributed by atoms with Gasteiger partial charge in [0.1, 0.15) is 5.82 Å². The van der Waals surface area contributed by atoms with Crippen LogP contribution < -0.4 is 5.32 Å². The lowest BCUT2D eigenvalue weighted by Gasteiger charge is -2.21. The van der Waals surface area contributed by atoms with E-state index in [1.54, 1.807) is 0 Å². The molecular weight excluding hydrogens is 282 g/mol. The predicted molar refractivity (Wildman–Crippen MR) is 74.7 cm³/mol. The van der Waals surface area contributed by atoms with Gasteiger partial charge in [-0.25, -0.2) is 4.39 Å². The molecule has 0 radical (unpaired) electrons. The quantitative estimate of drug-likeness (QED) is 0.620. The predicted octanol–water partition coefficient (Wildman–Crippen LogP) is 4.87. The van der Waals surface area contributed by atoms with Crippen LogP contribution in [-0.2, 0) is 6.18 Å². The van der Waals surface area contributed by atoms with Crippen molar-refractivity contribution in [2.24, 2.45) is 0 Å². The van der Waals surface area contributed by atoms with Crippen LogP contribution >= 0.6 is 0 Å². The lowest BCUT2D eigenvalue weighted by molar-refractivity contribution is -0.140. The molecular formula is C16H21F4N. The number of benzene rings is 1. The van der Waals surface area contributed by atoms with Gasteiger partial charge in [0.05, 0.1) is 5.56 Å². The fourth-order valence-electron chi connectivity index (χ4n) is 3.15. The number of halogens is 4. The van der Waals surface area contributed by atoms with Crippen LogP contribution in [0.4, 0.5) is 17.6 Å². The van der Waals surface area contributed by atoms with Gasteiger partial charge < -0.3 is 5.32 Å². The third-order valence-corrected chi connectivity index (χ3v) is 4.19. The van der Waals surface area contributed by atoms with Crippen LogP contribution in [0.5, 0.6) is 0 Å². The van der Waals surface area contributed by atoms with E-state index in [2.05, 4.69) is 5.32 Å². The largest absolute Gasteiger partial charge is 0.419 e. The van der Waals surface area contributed by atoms with Crippen molar-refractivity contribution in [3.05, 3.63) is 35.1 Å². The van der Waals surface area contributed by atoms with Crippen LogP contribution in [0.15, 0.2) is 18.2 Å². The molecule has 1 fully saturated rings. The lowest BCUT2D eigenvalue weighted by Crippen LogP contribution is -2.29. The van der Waals surface area contributed by atoms with E-state index in [0.29, 0.717) is 11.6 Å². The standard InChI is InChI=1S/C16H21F4N/c1-2-21-13-6-4-3-5-11(9-13)12-7-8-14(15(17)10-12)16(18,19)20/h7-8,10-11,13,21H,2-6,9H2,1H3. The van der Waals surface area contributed by atoms with Gasteiger partial charge in [0, 0.05) is 6.04 Å². The molecule has 0 heterocycles. The maximum atomic E-state index is 13.7. The number of hydrogen-bond acceptors (Lipinski definition) is 1. The van der Waals surface area contributed by atoms with Crippen LogP contribution in [0.2, 0.25) is 0 Å². The zero-order valence-corrected chi connectivity index (χ0v) is 12.1. The van der Waals surface area contributed by atoms with Crippen LogP contribution in [0, 0.1) is 5.82 Å². The van der Waals surface area contributed by atoms with Crippen molar-refractivity contribution in [1.29, 1.82) is 0 Å². The average Bonchev–Trinajstić information content (AvgIpc) is 2.63. The Morgan fingerprint density at radius 2 is 1.90 bits per heavy atom. The second-order valence-corrected chi connectivity index (χ2v) is 5.71. The maximum absolute atomic E-state index is 13.7. The third-order valence-electron chi connectivity index (χ3n) is 4.19. The van der Waals surface area contributed by atoms with E-state index < -0.39 is 17.6 Å². The van der Waals surface area contributed by atoms with Crippen LogP contribution in [0.3, 0.4) is 0 Å². The molecule has 1 aliphatic rings. The summed E-state index contributed by atoms with van der Waals surface area (Å²) >= 11 is 0. The molecule has 1 N–H and O–H groups in total. The molecule has 21 heavy (non-hydrogen) atoms. The summed E-state index contributed by atoms with van der Waals surface area (Å²) in [5.74, 6) is -1.03. The Morgan fingerprint density at radius 1 is 1.19 bits per heavy atom. The Kier molecular flexibility index (Phi) is 5.25. The minimum absolute atomic E-state index is 0.133. The summed E-state index contributed by atoms with van der Waals surface area (Å²) in [7, 11) is 0. The first-order valence-electron chi connectivity index (χ1n) is 7.51. The zero-order valence-electron chi connectivity index (χ0n) is 12.1. The number of rotatable bonds is 3. The molecule has 0 saturated heterocycles. The topological polar surface area (TPSA) is 12.0 Å². The van der Waals surface area contributed by atoms with Crippen LogP contribution in [-0.4, -0.2) is 12.6 Å². The Labute approximate surface area is 122 Å². The first-order chi connectivity index (χ1) is 9.91. The molecule has 118 valence electrons. The summed E-state index contributed by atoms with van der Waals surface area (Å²) in [6.07, 6.45) is 0.365. The van der Waals surface area contributed by atoms with Gasteiger partial charge in [-0.1, -0.05) is 25.8 Å². The first kappa shape index (κ1) is 16.3. The van der Waals surface area contributed by atoms with Gasteiger partial charge in [0.2, 0.25) is 0 Å². The maximum Gasteiger partial charge on any atom is 0.419 e. The van der Waals surface area contributed by atoms with Crippen molar-refractivity contribution in [3.63, 3.8) is 0 Å². The Bertz CT molecular complexity index is 470. The van der Waals surface area contributed by atoms with E-state index in [0.717, 1.165) is 50.8 Å². The first-order valence-corrected chi connectivity index (χ1v) is 7.51. The molecule has 1 aromatic carbocycles. The molecule has 0 bridgehead atoms. The summed E-state index contributed by atoms with van der Waals surface area (Å²) in [5, 5.41) is 3.40. The molecule has 1 aromatic rings. The van der Waals surface area contributed by atoms with Crippen molar-refractivity contribution < 1.29 is 17.6 Å². The minimum Gasteiger partial charge on any atom is -0.314 e. The normalized spacial score (nSPS) is 23.9. The summed E-state index contributed by atoms with van der Waals surface area (Å²) in [6.45, 7) is 2.91. The summed E-state index contributed by atoms with van der Waals surface area (Å²) in [5.41, 5.74) is -0.492. The van der Waals surface area contributed by atoms with Crippen molar-refractivity contribution in [3.8, 4) is 0 Å². The second-order valence-electron chi connectivity index (χ2n) is 5.71. The van der Waals surface area contributed by atoms with E-state index in [4.69, 9.17) is 0 Å². The zero-order chi connectivity index (χ0) is 15.5. The highest BCUT2D eigenvalue weighted by Crippen LogP contribution is 2.36. The van der Waals surface area contributed by atoms with Crippen molar-refractivity contribution in [2.75, 3.05) is 6.54 Å².